The predicted molar refractivity (Wildman–Crippen MR) is 330 cm³/mol. The molecule has 0 saturated heterocycles. The van der Waals surface area contributed by atoms with Gasteiger partial charge >= 0.3 is 17.9 Å². The van der Waals surface area contributed by atoms with E-state index in [0.29, 0.717) is 19.3 Å². The van der Waals surface area contributed by atoms with Crippen molar-refractivity contribution in [2.24, 2.45) is 0 Å². The third-order valence-electron chi connectivity index (χ3n) is 15.7. The van der Waals surface area contributed by atoms with Crippen LogP contribution in [0.25, 0.3) is 0 Å². The molecule has 0 aliphatic carbocycles. The highest BCUT2D eigenvalue weighted by Crippen LogP contribution is 2.18. The lowest BCUT2D eigenvalue weighted by atomic mass is 10.0. The maximum atomic E-state index is 12.8. The summed E-state index contributed by atoms with van der Waals surface area (Å²) in [5, 5.41) is 0. The molecule has 0 aromatic rings. The molecule has 0 radical (unpaired) electrons. The molecule has 0 aliphatic heterocycles. The van der Waals surface area contributed by atoms with E-state index in [1.807, 2.05) is 0 Å². The number of carbonyl (C=O) groups is 3. The lowest BCUT2D eigenvalue weighted by Gasteiger charge is -2.18. The molecule has 6 heteroatoms. The van der Waals surface area contributed by atoms with Gasteiger partial charge in [-0.1, -0.05) is 340 Å². The van der Waals surface area contributed by atoms with Crippen LogP contribution in [0.3, 0.4) is 0 Å². The van der Waals surface area contributed by atoms with E-state index >= 15 is 0 Å². The number of ether oxygens (including phenoxy) is 3. The van der Waals surface area contributed by atoms with Gasteiger partial charge in [-0.3, -0.25) is 14.4 Å². The quantitative estimate of drug-likeness (QED) is 0.0261. The maximum Gasteiger partial charge on any atom is 0.306 e. The van der Waals surface area contributed by atoms with E-state index < -0.39 is 6.10 Å². The van der Waals surface area contributed by atoms with Crippen molar-refractivity contribution >= 4 is 17.9 Å². The molecular weight excluding hydrogens is 937 g/mol. The Morgan fingerprint density at radius 1 is 0.263 bits per heavy atom. The van der Waals surface area contributed by atoms with E-state index in [1.165, 1.54) is 283 Å². The Balaban J connectivity index is 3.95. The van der Waals surface area contributed by atoms with E-state index in [9.17, 15) is 14.4 Å². The van der Waals surface area contributed by atoms with Gasteiger partial charge in [-0.2, -0.15) is 0 Å². The van der Waals surface area contributed by atoms with Gasteiger partial charge in [0, 0.05) is 19.3 Å². The molecule has 0 aromatic carbocycles. The Labute approximate surface area is 474 Å². The highest BCUT2D eigenvalue weighted by molar-refractivity contribution is 5.71. The largest absolute Gasteiger partial charge is 0.462 e. The lowest BCUT2D eigenvalue weighted by Crippen LogP contribution is -2.30. The number of hydrogen-bond acceptors (Lipinski definition) is 6. The minimum absolute atomic E-state index is 0.0632. The van der Waals surface area contributed by atoms with Crippen LogP contribution in [0.1, 0.15) is 387 Å². The number of allylic oxidation sites excluding steroid dienone is 4. The van der Waals surface area contributed by atoms with Crippen molar-refractivity contribution in [1.82, 2.24) is 0 Å². The van der Waals surface area contributed by atoms with E-state index in [2.05, 4.69) is 45.1 Å². The van der Waals surface area contributed by atoms with Gasteiger partial charge in [0.1, 0.15) is 13.2 Å². The topological polar surface area (TPSA) is 78.9 Å². The molecule has 448 valence electrons. The number of unbranched alkanes of at least 4 members (excludes halogenated alkanes) is 49. The van der Waals surface area contributed by atoms with Crippen molar-refractivity contribution in [3.63, 3.8) is 0 Å². The molecule has 0 spiro atoms. The zero-order valence-corrected chi connectivity index (χ0v) is 51.6. The van der Waals surface area contributed by atoms with Gasteiger partial charge in [0.05, 0.1) is 0 Å². The molecule has 1 atom stereocenters. The molecule has 0 heterocycles. The molecule has 0 fully saturated rings. The smallest absolute Gasteiger partial charge is 0.306 e. The molecule has 0 N–H and O–H groups in total. The first-order valence-electron chi connectivity index (χ1n) is 34.3. The number of rotatable bonds is 64. The van der Waals surface area contributed by atoms with Crippen molar-refractivity contribution in [3.05, 3.63) is 24.3 Å². The van der Waals surface area contributed by atoms with Crippen LogP contribution in [0.2, 0.25) is 0 Å². The second-order valence-corrected chi connectivity index (χ2v) is 23.5. The molecule has 0 bridgehead atoms. The molecule has 0 saturated carbocycles. The summed E-state index contributed by atoms with van der Waals surface area (Å²) in [5.41, 5.74) is 0. The fourth-order valence-corrected chi connectivity index (χ4v) is 10.5. The van der Waals surface area contributed by atoms with Gasteiger partial charge in [0.25, 0.3) is 0 Å². The zero-order valence-electron chi connectivity index (χ0n) is 51.6. The van der Waals surface area contributed by atoms with Crippen LogP contribution in [-0.2, 0) is 28.6 Å². The summed E-state index contributed by atoms with van der Waals surface area (Å²) >= 11 is 0. The Morgan fingerprint density at radius 2 is 0.474 bits per heavy atom. The number of carbonyl (C=O) groups excluding carboxylic acids is 3. The second-order valence-electron chi connectivity index (χ2n) is 23.5. The monoisotopic (exact) mass is 1070 g/mol. The van der Waals surface area contributed by atoms with Gasteiger partial charge in [0.2, 0.25) is 0 Å². The highest BCUT2D eigenvalue weighted by atomic mass is 16.6. The fraction of sp³-hybridized carbons (Fsp3) is 0.900. The van der Waals surface area contributed by atoms with Gasteiger partial charge in [-0.05, 0) is 51.4 Å². The SMILES string of the molecule is CCCCCCC/C=C\C/C=C\CCCCCCCCCCCCCCCCCCCCCCCCCC(=O)OCC(COC(=O)CCCCCCCCCCCC)OC(=O)CCCCCCCCCCCCCCC. The number of esters is 3. The van der Waals surface area contributed by atoms with Crippen molar-refractivity contribution in [2.45, 2.75) is 393 Å². The zero-order chi connectivity index (χ0) is 55.0. The molecule has 0 aromatic heterocycles. The normalized spacial score (nSPS) is 12.1. The average Bonchev–Trinajstić information content (AvgIpc) is 3.42. The molecule has 6 nitrogen and oxygen atoms in total. The van der Waals surface area contributed by atoms with Crippen LogP contribution >= 0.6 is 0 Å². The second kappa shape index (κ2) is 65.4. The average molecular weight is 1070 g/mol. The van der Waals surface area contributed by atoms with Gasteiger partial charge < -0.3 is 14.2 Å². The Morgan fingerprint density at radius 3 is 0.724 bits per heavy atom. The first-order valence-corrected chi connectivity index (χ1v) is 34.3. The lowest BCUT2D eigenvalue weighted by molar-refractivity contribution is -0.167. The molecule has 0 aliphatic rings. The van der Waals surface area contributed by atoms with Crippen molar-refractivity contribution in [3.8, 4) is 0 Å². The van der Waals surface area contributed by atoms with Crippen LogP contribution in [0.15, 0.2) is 24.3 Å². The molecule has 0 rings (SSSR count). The summed E-state index contributed by atoms with van der Waals surface area (Å²) in [4.78, 5) is 38.1. The first-order chi connectivity index (χ1) is 37.5. The summed E-state index contributed by atoms with van der Waals surface area (Å²) in [6.45, 7) is 6.68. The Kier molecular flexibility index (Phi) is 63.6. The third-order valence-corrected chi connectivity index (χ3v) is 15.7. The summed E-state index contributed by atoms with van der Waals surface area (Å²) in [6, 6.07) is 0. The number of hydrogen-bond donors (Lipinski definition) is 0. The van der Waals surface area contributed by atoms with Crippen LogP contribution < -0.4 is 0 Å². The van der Waals surface area contributed by atoms with Gasteiger partial charge in [-0.15, -0.1) is 0 Å². The van der Waals surface area contributed by atoms with E-state index in [-0.39, 0.29) is 31.1 Å². The minimum atomic E-state index is -0.763. The van der Waals surface area contributed by atoms with Crippen molar-refractivity contribution in [2.75, 3.05) is 13.2 Å². The van der Waals surface area contributed by atoms with Crippen LogP contribution in [-0.4, -0.2) is 37.2 Å². The standard InChI is InChI=1S/C70H132O6/c1-4-7-10-13-16-19-22-24-25-26-27-28-29-30-31-32-33-34-35-36-37-38-39-40-41-42-43-44-45-47-48-51-54-57-60-63-69(72)75-66-67(65-74-68(71)62-59-56-53-50-21-18-15-12-9-6-3)76-70(73)64-61-58-55-52-49-46-23-20-17-14-11-8-5-2/h22,24,26-27,67H,4-21,23,25,28-66H2,1-3H3/b24-22-,27-26-. The molecule has 1 unspecified atom stereocenters. The molecule has 76 heavy (non-hydrogen) atoms. The highest BCUT2D eigenvalue weighted by Gasteiger charge is 2.19. The van der Waals surface area contributed by atoms with Gasteiger partial charge in [-0.25, -0.2) is 0 Å². The van der Waals surface area contributed by atoms with Crippen LogP contribution in [0.5, 0.6) is 0 Å². The third kappa shape index (κ3) is 62.7. The Hall–Kier alpha value is -2.11. The van der Waals surface area contributed by atoms with Crippen LogP contribution in [0.4, 0.5) is 0 Å². The van der Waals surface area contributed by atoms with E-state index in [0.717, 1.165) is 64.2 Å². The summed E-state index contributed by atoms with van der Waals surface area (Å²) in [6.07, 6.45) is 79.5. The molecule has 0 amide bonds. The van der Waals surface area contributed by atoms with E-state index in [4.69, 9.17) is 14.2 Å². The molecular formula is C70H132O6. The van der Waals surface area contributed by atoms with Crippen molar-refractivity contribution < 1.29 is 28.6 Å². The van der Waals surface area contributed by atoms with Crippen molar-refractivity contribution in [1.29, 1.82) is 0 Å². The summed E-state index contributed by atoms with van der Waals surface area (Å²) in [5.74, 6) is -0.837. The minimum Gasteiger partial charge on any atom is -0.462 e. The van der Waals surface area contributed by atoms with Crippen LogP contribution in [0, 0.1) is 0 Å². The summed E-state index contributed by atoms with van der Waals surface area (Å²) < 4.78 is 16.9. The predicted octanol–water partition coefficient (Wildman–Crippen LogP) is 23.4. The van der Waals surface area contributed by atoms with Gasteiger partial charge in [0.15, 0.2) is 6.10 Å². The Bertz CT molecular complexity index is 1230. The fourth-order valence-electron chi connectivity index (χ4n) is 10.5. The summed E-state index contributed by atoms with van der Waals surface area (Å²) in [7, 11) is 0. The first kappa shape index (κ1) is 73.9. The maximum absolute atomic E-state index is 12.8. The van der Waals surface area contributed by atoms with E-state index in [1.54, 1.807) is 0 Å².